The molecule has 1 rings (SSSR count). The van der Waals surface area contributed by atoms with Gasteiger partial charge in [0.05, 0.1) is 5.75 Å². The molecule has 0 aliphatic carbocycles. The lowest BCUT2D eigenvalue weighted by Crippen LogP contribution is -2.46. The zero-order valence-corrected chi connectivity index (χ0v) is 10.9. The number of nitrogens with zero attached hydrogens (tertiary/aromatic N) is 1. The molecule has 1 aliphatic rings. The number of hydrogen-bond acceptors (Lipinski definition) is 3. The minimum atomic E-state index is -2.86. The standard InChI is InChI=1S/C11H23NO2S/c1-10(2)11(9-15(3,13)14)12-7-5-4-6-8-12/h10-11H,4-9H2,1-3H3. The van der Waals surface area contributed by atoms with E-state index in [2.05, 4.69) is 18.7 Å². The highest BCUT2D eigenvalue weighted by Gasteiger charge is 2.26. The fraction of sp³-hybridized carbons (Fsp3) is 1.00. The van der Waals surface area contributed by atoms with Gasteiger partial charge in [-0.1, -0.05) is 20.3 Å². The van der Waals surface area contributed by atoms with Crippen molar-refractivity contribution >= 4 is 9.84 Å². The van der Waals surface area contributed by atoms with Gasteiger partial charge in [0.15, 0.2) is 0 Å². The molecule has 3 nitrogen and oxygen atoms in total. The van der Waals surface area contributed by atoms with Crippen LogP contribution in [-0.4, -0.2) is 44.5 Å². The van der Waals surface area contributed by atoms with Crippen molar-refractivity contribution in [2.45, 2.75) is 39.2 Å². The second-order valence-corrected chi connectivity index (χ2v) is 7.19. The van der Waals surface area contributed by atoms with Crippen LogP contribution in [-0.2, 0) is 9.84 Å². The molecule has 1 unspecified atom stereocenters. The molecule has 0 saturated carbocycles. The molecule has 0 amide bonds. The number of rotatable bonds is 4. The van der Waals surface area contributed by atoms with Crippen LogP contribution >= 0.6 is 0 Å². The Kier molecular flexibility index (Phi) is 4.59. The van der Waals surface area contributed by atoms with Gasteiger partial charge in [-0.3, -0.25) is 4.90 Å². The smallest absolute Gasteiger partial charge is 0.149 e. The molecule has 0 aromatic heterocycles. The van der Waals surface area contributed by atoms with E-state index in [0.717, 1.165) is 13.1 Å². The van der Waals surface area contributed by atoms with E-state index in [1.807, 2.05) is 0 Å². The second-order valence-electron chi connectivity index (χ2n) is 5.00. The summed E-state index contributed by atoms with van der Waals surface area (Å²) < 4.78 is 22.7. The third-order valence-electron chi connectivity index (χ3n) is 3.10. The summed E-state index contributed by atoms with van der Waals surface area (Å²) in [4.78, 5) is 2.36. The minimum absolute atomic E-state index is 0.209. The molecular weight excluding hydrogens is 210 g/mol. The lowest BCUT2D eigenvalue weighted by Gasteiger charge is -2.36. The van der Waals surface area contributed by atoms with E-state index < -0.39 is 9.84 Å². The Morgan fingerprint density at radius 2 is 1.67 bits per heavy atom. The van der Waals surface area contributed by atoms with Gasteiger partial charge in [-0.25, -0.2) is 8.42 Å². The first-order valence-corrected chi connectivity index (χ1v) is 7.88. The Balaban J connectivity index is 2.64. The van der Waals surface area contributed by atoms with Crippen molar-refractivity contribution in [1.82, 2.24) is 4.90 Å². The van der Waals surface area contributed by atoms with E-state index in [1.54, 1.807) is 0 Å². The van der Waals surface area contributed by atoms with E-state index >= 15 is 0 Å². The van der Waals surface area contributed by atoms with Crippen LogP contribution in [0.3, 0.4) is 0 Å². The Hall–Kier alpha value is -0.0900. The number of piperidine rings is 1. The minimum Gasteiger partial charge on any atom is -0.299 e. The Labute approximate surface area is 93.8 Å². The summed E-state index contributed by atoms with van der Waals surface area (Å²) in [6.07, 6.45) is 5.06. The van der Waals surface area contributed by atoms with E-state index in [4.69, 9.17) is 0 Å². The molecule has 15 heavy (non-hydrogen) atoms. The highest BCUT2D eigenvalue weighted by Crippen LogP contribution is 2.18. The van der Waals surface area contributed by atoms with Gasteiger partial charge in [-0.15, -0.1) is 0 Å². The first-order valence-electron chi connectivity index (χ1n) is 5.82. The zero-order chi connectivity index (χ0) is 11.5. The molecule has 1 fully saturated rings. The SMILES string of the molecule is CC(C)C(CS(C)(=O)=O)N1CCCCC1. The molecule has 0 aromatic rings. The Morgan fingerprint density at radius 1 is 1.13 bits per heavy atom. The quantitative estimate of drug-likeness (QED) is 0.739. The Morgan fingerprint density at radius 3 is 2.07 bits per heavy atom. The van der Waals surface area contributed by atoms with Crippen LogP contribution in [0.25, 0.3) is 0 Å². The van der Waals surface area contributed by atoms with Crippen LogP contribution in [0, 0.1) is 5.92 Å². The summed E-state index contributed by atoms with van der Waals surface area (Å²) in [5.74, 6) is 0.725. The van der Waals surface area contributed by atoms with Crippen LogP contribution in [0.2, 0.25) is 0 Å². The average Bonchev–Trinajstić information content (AvgIpc) is 2.14. The first kappa shape index (κ1) is 13.0. The molecule has 0 spiro atoms. The maximum atomic E-state index is 11.4. The molecule has 0 radical (unpaired) electrons. The molecule has 0 bridgehead atoms. The number of sulfone groups is 1. The van der Waals surface area contributed by atoms with Gasteiger partial charge in [0.25, 0.3) is 0 Å². The van der Waals surface area contributed by atoms with E-state index in [-0.39, 0.29) is 6.04 Å². The summed E-state index contributed by atoms with van der Waals surface area (Å²) in [7, 11) is -2.86. The predicted octanol–water partition coefficient (Wildman–Crippen LogP) is 1.54. The van der Waals surface area contributed by atoms with Crippen LogP contribution in [0.1, 0.15) is 33.1 Å². The fourth-order valence-corrected chi connectivity index (χ4v) is 3.50. The fourth-order valence-electron chi connectivity index (χ4n) is 2.28. The van der Waals surface area contributed by atoms with Crippen molar-refractivity contribution in [2.75, 3.05) is 25.1 Å². The summed E-state index contributed by atoms with van der Waals surface area (Å²) in [5.41, 5.74) is 0. The van der Waals surface area contributed by atoms with Gasteiger partial charge in [-0.2, -0.15) is 0 Å². The van der Waals surface area contributed by atoms with Crippen LogP contribution in [0.4, 0.5) is 0 Å². The maximum absolute atomic E-state index is 11.4. The highest BCUT2D eigenvalue weighted by molar-refractivity contribution is 7.90. The largest absolute Gasteiger partial charge is 0.299 e. The van der Waals surface area contributed by atoms with Crippen molar-refractivity contribution in [3.05, 3.63) is 0 Å². The van der Waals surface area contributed by atoms with Crippen molar-refractivity contribution in [1.29, 1.82) is 0 Å². The topological polar surface area (TPSA) is 37.4 Å². The third kappa shape index (κ3) is 4.51. The molecule has 1 heterocycles. The molecule has 0 aromatic carbocycles. The van der Waals surface area contributed by atoms with Gasteiger partial charge in [-0.05, 0) is 31.8 Å². The molecule has 1 aliphatic heterocycles. The summed E-state index contributed by atoms with van der Waals surface area (Å²) in [6, 6.07) is 0.209. The normalized spacial score (nSPS) is 21.9. The summed E-state index contributed by atoms with van der Waals surface area (Å²) in [5, 5.41) is 0. The van der Waals surface area contributed by atoms with Crippen LogP contribution in [0.15, 0.2) is 0 Å². The second kappa shape index (κ2) is 5.30. The van der Waals surface area contributed by atoms with E-state index in [0.29, 0.717) is 11.7 Å². The summed E-state index contributed by atoms with van der Waals surface area (Å²) >= 11 is 0. The molecule has 4 heteroatoms. The molecule has 0 N–H and O–H groups in total. The van der Waals surface area contributed by atoms with Gasteiger partial charge >= 0.3 is 0 Å². The van der Waals surface area contributed by atoms with Crippen molar-refractivity contribution in [2.24, 2.45) is 5.92 Å². The van der Waals surface area contributed by atoms with Crippen molar-refractivity contribution < 1.29 is 8.42 Å². The van der Waals surface area contributed by atoms with Crippen molar-refractivity contribution in [3.63, 3.8) is 0 Å². The molecule has 90 valence electrons. The monoisotopic (exact) mass is 233 g/mol. The van der Waals surface area contributed by atoms with Gasteiger partial charge < -0.3 is 0 Å². The van der Waals surface area contributed by atoms with E-state index in [9.17, 15) is 8.42 Å². The maximum Gasteiger partial charge on any atom is 0.149 e. The van der Waals surface area contributed by atoms with E-state index in [1.165, 1.54) is 25.5 Å². The first-order chi connectivity index (χ1) is 6.90. The molecule has 1 saturated heterocycles. The average molecular weight is 233 g/mol. The molecular formula is C11H23NO2S. The lowest BCUT2D eigenvalue weighted by molar-refractivity contribution is 0.142. The van der Waals surface area contributed by atoms with Crippen molar-refractivity contribution in [3.8, 4) is 0 Å². The zero-order valence-electron chi connectivity index (χ0n) is 10.1. The highest BCUT2D eigenvalue weighted by atomic mass is 32.2. The summed E-state index contributed by atoms with van der Waals surface area (Å²) in [6.45, 7) is 6.37. The predicted molar refractivity (Wildman–Crippen MR) is 63.8 cm³/mol. The number of hydrogen-bond donors (Lipinski definition) is 0. The van der Waals surface area contributed by atoms with Gasteiger partial charge in [0.2, 0.25) is 0 Å². The molecule has 1 atom stereocenters. The lowest BCUT2D eigenvalue weighted by atomic mass is 10.0. The number of likely N-dealkylation sites (tertiary alicyclic amines) is 1. The Bertz CT molecular complexity index is 279. The van der Waals surface area contributed by atoms with Gasteiger partial charge in [0.1, 0.15) is 9.84 Å². The van der Waals surface area contributed by atoms with Crippen LogP contribution < -0.4 is 0 Å². The third-order valence-corrected chi connectivity index (χ3v) is 4.05. The van der Waals surface area contributed by atoms with Gasteiger partial charge in [0, 0.05) is 12.3 Å². The van der Waals surface area contributed by atoms with Crippen LogP contribution in [0.5, 0.6) is 0 Å².